The van der Waals surface area contributed by atoms with Gasteiger partial charge in [0.2, 0.25) is 11.8 Å². The maximum Gasteiger partial charge on any atom is 0.258 e. The number of hydrogen-bond donors (Lipinski definition) is 2. The van der Waals surface area contributed by atoms with Crippen molar-refractivity contribution < 1.29 is 19.8 Å². The Morgan fingerprint density at radius 3 is 1.27 bits per heavy atom. The summed E-state index contributed by atoms with van der Waals surface area (Å²) in [5, 5.41) is 21.0. The summed E-state index contributed by atoms with van der Waals surface area (Å²) in [5.74, 6) is -0.0516. The normalized spacial score (nSPS) is 27.2. The third kappa shape index (κ3) is 8.57. The maximum atomic E-state index is 13.8. The van der Waals surface area contributed by atoms with Gasteiger partial charge in [-0.15, -0.1) is 0 Å². The van der Waals surface area contributed by atoms with Gasteiger partial charge in [-0.2, -0.15) is 0 Å². The van der Waals surface area contributed by atoms with Crippen LogP contribution in [0.4, 0.5) is 0 Å². The van der Waals surface area contributed by atoms with Crippen LogP contribution in [0.25, 0.3) is 12.2 Å². The van der Waals surface area contributed by atoms with E-state index >= 15 is 0 Å². The molecule has 4 aromatic rings. The molecule has 348 valence electrons. The van der Waals surface area contributed by atoms with E-state index in [1.54, 1.807) is 0 Å². The Balaban J connectivity index is 0.000000166. The number of piperidine rings is 2. The van der Waals surface area contributed by atoms with E-state index in [1.165, 1.54) is 12.8 Å². The zero-order valence-electron chi connectivity index (χ0n) is 38.5. The van der Waals surface area contributed by atoms with Crippen LogP contribution < -0.4 is 11.1 Å². The summed E-state index contributed by atoms with van der Waals surface area (Å²) >= 11 is 0. The Labute approximate surface area is 388 Å². The Hall–Kier alpha value is -5.40. The summed E-state index contributed by atoms with van der Waals surface area (Å²) in [7, 11) is 0. The number of aliphatic hydroxyl groups is 2. The molecular formula is C54H66N6O6. The van der Waals surface area contributed by atoms with Crippen LogP contribution in [0.3, 0.4) is 0 Å². The van der Waals surface area contributed by atoms with E-state index in [-0.39, 0.29) is 84.0 Å². The first kappa shape index (κ1) is 45.7. The second-order valence-corrected chi connectivity index (χ2v) is 19.1. The largest absolute Gasteiger partial charge is 0.396 e. The number of allylic oxidation sites excluding steroid dienone is 2. The summed E-state index contributed by atoms with van der Waals surface area (Å²) in [6.45, 7) is 9.22. The number of carbonyl (C=O) groups excluding carboxylic acids is 2. The molecule has 2 aromatic heterocycles. The van der Waals surface area contributed by atoms with E-state index < -0.39 is 0 Å². The Morgan fingerprint density at radius 1 is 0.545 bits per heavy atom. The number of benzene rings is 2. The molecule has 0 bridgehead atoms. The lowest BCUT2D eigenvalue weighted by Crippen LogP contribution is -2.51. The van der Waals surface area contributed by atoms with Gasteiger partial charge in [-0.3, -0.25) is 29.0 Å². The molecule has 8 atom stereocenters. The van der Waals surface area contributed by atoms with Crippen molar-refractivity contribution in [2.45, 2.75) is 103 Å². The van der Waals surface area contributed by atoms with Crippen LogP contribution >= 0.6 is 0 Å². The topological polar surface area (TPSA) is 132 Å². The summed E-state index contributed by atoms with van der Waals surface area (Å²) in [6, 6.07) is 27.4. The monoisotopic (exact) mass is 895 g/mol. The van der Waals surface area contributed by atoms with Crippen molar-refractivity contribution >= 4 is 24.0 Å². The summed E-state index contributed by atoms with van der Waals surface area (Å²) in [5.41, 5.74) is 5.57. The molecule has 2 N–H and O–H groups in total. The van der Waals surface area contributed by atoms with Crippen LogP contribution in [0.15, 0.2) is 107 Å². The maximum absolute atomic E-state index is 13.8. The molecule has 12 heteroatoms. The molecule has 12 nitrogen and oxygen atoms in total. The van der Waals surface area contributed by atoms with E-state index in [0.717, 1.165) is 74.4 Å². The lowest BCUT2D eigenvalue weighted by atomic mass is 9.88. The number of carbonyl (C=O) groups is 2. The van der Waals surface area contributed by atoms with Gasteiger partial charge in [0, 0.05) is 112 Å². The standard InChI is InChI=1S/2C27H33N3O3/c2*1-2-9-20-12-13-23-24-21(17-29(23)26(20)32)22(18-31)25(27(33)28-14-7-4-8-15-28)30(24)16-19-10-5-3-6-11-19/h2*2-3,5-6,9-13,21-22,24-25,31H,4,7-8,14-18H2,1H3/b9-2+;9-2-/t2*21-,22-,24+,25-/m11/s1. The molecule has 10 rings (SSSR count). The Morgan fingerprint density at radius 2 is 0.924 bits per heavy atom. The van der Waals surface area contributed by atoms with E-state index in [4.69, 9.17) is 0 Å². The fraction of sp³-hybridized carbons (Fsp3) is 0.481. The molecule has 8 heterocycles. The molecule has 4 saturated heterocycles. The van der Waals surface area contributed by atoms with Gasteiger partial charge in [0.05, 0.1) is 24.2 Å². The van der Waals surface area contributed by atoms with Crippen molar-refractivity contribution in [3.8, 4) is 0 Å². The van der Waals surface area contributed by atoms with Gasteiger partial charge in [-0.05, 0) is 87.8 Å². The fourth-order valence-electron chi connectivity index (χ4n) is 12.4. The van der Waals surface area contributed by atoms with Crippen LogP contribution in [-0.4, -0.2) is 102 Å². The number of pyridine rings is 2. The van der Waals surface area contributed by atoms with Crippen molar-refractivity contribution in [2.75, 3.05) is 39.4 Å². The first-order valence-corrected chi connectivity index (χ1v) is 24.4. The van der Waals surface area contributed by atoms with Gasteiger partial charge in [-0.25, -0.2) is 0 Å². The van der Waals surface area contributed by atoms with Crippen molar-refractivity contribution in [1.82, 2.24) is 28.7 Å². The van der Waals surface area contributed by atoms with Crippen molar-refractivity contribution in [1.29, 1.82) is 0 Å². The van der Waals surface area contributed by atoms with E-state index in [1.807, 2.05) is 118 Å². The Kier molecular flexibility index (Phi) is 14.0. The van der Waals surface area contributed by atoms with Crippen LogP contribution in [0.5, 0.6) is 0 Å². The number of aromatic nitrogens is 2. The lowest BCUT2D eigenvalue weighted by molar-refractivity contribution is -0.140. The van der Waals surface area contributed by atoms with Crippen LogP contribution in [-0.2, 0) is 35.8 Å². The van der Waals surface area contributed by atoms with Gasteiger partial charge in [0.25, 0.3) is 11.1 Å². The molecule has 6 aliphatic heterocycles. The number of likely N-dealkylation sites (tertiary alicyclic amines) is 4. The molecule has 2 amide bonds. The van der Waals surface area contributed by atoms with Crippen LogP contribution in [0.1, 0.15) is 98.1 Å². The third-order valence-corrected chi connectivity index (χ3v) is 15.4. The third-order valence-electron chi connectivity index (χ3n) is 15.4. The predicted octanol–water partition coefficient (Wildman–Crippen LogP) is 6.12. The predicted molar refractivity (Wildman–Crippen MR) is 257 cm³/mol. The highest BCUT2D eigenvalue weighted by molar-refractivity contribution is 5.84. The summed E-state index contributed by atoms with van der Waals surface area (Å²) < 4.78 is 3.74. The van der Waals surface area contributed by atoms with Crippen LogP contribution in [0, 0.1) is 23.7 Å². The Bertz CT molecular complexity index is 2350. The number of amides is 2. The fourth-order valence-corrected chi connectivity index (χ4v) is 12.4. The van der Waals surface area contributed by atoms with Crippen molar-refractivity contribution in [2.24, 2.45) is 23.7 Å². The van der Waals surface area contributed by atoms with Crippen molar-refractivity contribution in [3.05, 3.63) is 151 Å². The number of aliphatic hydroxyl groups excluding tert-OH is 2. The zero-order valence-corrected chi connectivity index (χ0v) is 38.5. The highest BCUT2D eigenvalue weighted by Gasteiger charge is 2.57. The average molecular weight is 895 g/mol. The molecular weight excluding hydrogens is 829 g/mol. The number of nitrogens with zero attached hydrogens (tertiary/aromatic N) is 6. The van der Waals surface area contributed by atoms with Crippen molar-refractivity contribution in [3.63, 3.8) is 0 Å². The number of rotatable bonds is 10. The molecule has 0 unspecified atom stereocenters. The zero-order chi connectivity index (χ0) is 45.9. The van der Waals surface area contributed by atoms with Gasteiger partial charge in [-0.1, -0.05) is 85.0 Å². The van der Waals surface area contributed by atoms with Gasteiger partial charge in [0.1, 0.15) is 0 Å². The first-order chi connectivity index (χ1) is 32.3. The smallest absolute Gasteiger partial charge is 0.258 e. The minimum Gasteiger partial charge on any atom is -0.396 e. The number of fused-ring (bicyclic) bond motifs is 6. The summed E-state index contributed by atoms with van der Waals surface area (Å²) in [6.07, 6.45) is 14.0. The molecule has 4 fully saturated rings. The number of hydrogen-bond acceptors (Lipinski definition) is 8. The molecule has 0 radical (unpaired) electrons. The molecule has 2 aromatic carbocycles. The van der Waals surface area contributed by atoms with E-state index in [0.29, 0.717) is 37.3 Å². The first-order valence-electron chi connectivity index (χ1n) is 24.4. The minimum atomic E-state index is -0.373. The van der Waals surface area contributed by atoms with Gasteiger partial charge in [0.15, 0.2) is 0 Å². The lowest BCUT2D eigenvalue weighted by Gasteiger charge is -2.36. The second-order valence-electron chi connectivity index (χ2n) is 19.1. The SMILES string of the molecule is C/C=C/c1ccc2n(c1=O)C[C@@H]1[C@@H](CO)[C@H](C(=O)N3CCCCC3)N(Cc3ccccc3)[C@H]21.C/C=C\c1ccc2n(c1=O)C[C@@H]1[C@@H](CO)[C@H](C(=O)N3CCCCC3)N(Cc3ccccc3)[C@H]21. The quantitative estimate of drug-likeness (QED) is 0.195. The molecule has 0 spiro atoms. The molecule has 6 aliphatic rings. The van der Waals surface area contributed by atoms with E-state index in [2.05, 4.69) is 34.1 Å². The molecule has 66 heavy (non-hydrogen) atoms. The minimum absolute atomic E-state index is 0.00950. The van der Waals surface area contributed by atoms with E-state index in [9.17, 15) is 29.4 Å². The highest BCUT2D eigenvalue weighted by atomic mass is 16.3. The molecule has 0 aliphatic carbocycles. The average Bonchev–Trinajstić information content (AvgIpc) is 4.09. The molecule has 0 saturated carbocycles. The highest BCUT2D eigenvalue weighted by Crippen LogP contribution is 2.51. The second kappa shape index (κ2) is 20.2. The van der Waals surface area contributed by atoms with Gasteiger partial charge >= 0.3 is 0 Å². The summed E-state index contributed by atoms with van der Waals surface area (Å²) in [4.78, 5) is 62.5. The van der Waals surface area contributed by atoms with Gasteiger partial charge < -0.3 is 29.1 Å². The van der Waals surface area contributed by atoms with Crippen LogP contribution in [0.2, 0.25) is 0 Å².